The van der Waals surface area contributed by atoms with Crippen molar-refractivity contribution < 1.29 is 31.9 Å². The molecule has 0 saturated heterocycles. The molecule has 9 heteroatoms. The molecule has 0 spiro atoms. The van der Waals surface area contributed by atoms with Crippen molar-refractivity contribution in [1.29, 1.82) is 0 Å². The number of rotatable bonds is 5. The first kappa shape index (κ1) is 21.1. The molecule has 0 unspecified atom stereocenters. The molecule has 0 aliphatic carbocycles. The molecular formula is C23H14F4N2O3. The van der Waals surface area contributed by atoms with E-state index in [4.69, 9.17) is 0 Å². The summed E-state index contributed by atoms with van der Waals surface area (Å²) in [4.78, 5) is 27.1. The smallest absolute Gasteiger partial charge is 0.406 e. The van der Waals surface area contributed by atoms with Gasteiger partial charge < -0.3 is 10.1 Å². The fourth-order valence-corrected chi connectivity index (χ4v) is 3.29. The molecule has 162 valence electrons. The van der Waals surface area contributed by atoms with Crippen molar-refractivity contribution in [3.63, 3.8) is 0 Å². The van der Waals surface area contributed by atoms with Crippen molar-refractivity contribution in [3.8, 4) is 5.75 Å². The molecule has 0 radical (unpaired) electrons. The van der Waals surface area contributed by atoms with Gasteiger partial charge in [0.15, 0.2) is 0 Å². The van der Waals surface area contributed by atoms with Crippen molar-refractivity contribution in [2.24, 2.45) is 0 Å². The molecule has 0 fully saturated rings. The Balaban J connectivity index is 1.77. The summed E-state index contributed by atoms with van der Waals surface area (Å²) in [5.41, 5.74) is -0.0157. The molecule has 0 bridgehead atoms. The van der Waals surface area contributed by atoms with Gasteiger partial charge in [-0.15, -0.1) is 13.2 Å². The number of halogens is 4. The number of amides is 2. The number of nitrogens with one attached hydrogen (secondary N) is 1. The first-order chi connectivity index (χ1) is 15.2. The van der Waals surface area contributed by atoms with Crippen LogP contribution in [0.15, 0.2) is 84.6 Å². The molecule has 1 aliphatic heterocycles. The molecule has 1 aliphatic rings. The highest BCUT2D eigenvalue weighted by Gasteiger charge is 2.41. The summed E-state index contributed by atoms with van der Waals surface area (Å²) in [5, 5.41) is 2.71. The second-order valence-electron chi connectivity index (χ2n) is 6.71. The Morgan fingerprint density at radius 2 is 1.50 bits per heavy atom. The van der Waals surface area contributed by atoms with Crippen LogP contribution < -0.4 is 15.0 Å². The topological polar surface area (TPSA) is 58.6 Å². The molecule has 4 rings (SSSR count). The number of anilines is 2. The van der Waals surface area contributed by atoms with E-state index in [1.54, 1.807) is 30.3 Å². The average molecular weight is 442 g/mol. The third-order valence-electron chi connectivity index (χ3n) is 4.58. The Kier molecular flexibility index (Phi) is 5.40. The molecule has 0 saturated carbocycles. The number of hydrogen-bond acceptors (Lipinski definition) is 4. The van der Waals surface area contributed by atoms with E-state index in [2.05, 4.69) is 10.1 Å². The number of alkyl halides is 3. The van der Waals surface area contributed by atoms with Crippen molar-refractivity contribution in [2.75, 3.05) is 10.2 Å². The van der Waals surface area contributed by atoms with Gasteiger partial charge in [0.1, 0.15) is 17.3 Å². The Morgan fingerprint density at radius 3 is 2.19 bits per heavy atom. The minimum Gasteiger partial charge on any atom is -0.406 e. The van der Waals surface area contributed by atoms with Crippen molar-refractivity contribution >= 4 is 28.8 Å². The van der Waals surface area contributed by atoms with Gasteiger partial charge in [-0.2, -0.15) is 0 Å². The van der Waals surface area contributed by atoms with E-state index in [-0.39, 0.29) is 22.6 Å². The van der Waals surface area contributed by atoms with Gasteiger partial charge >= 0.3 is 6.36 Å². The highest BCUT2D eigenvalue weighted by atomic mass is 19.4. The average Bonchev–Trinajstić information content (AvgIpc) is 2.98. The van der Waals surface area contributed by atoms with Gasteiger partial charge in [-0.3, -0.25) is 9.59 Å². The molecule has 0 atom stereocenters. The maximum Gasteiger partial charge on any atom is 0.573 e. The molecule has 5 nitrogen and oxygen atoms in total. The number of imide groups is 1. The van der Waals surface area contributed by atoms with Crippen LogP contribution in [0, 0.1) is 5.82 Å². The molecule has 0 aromatic heterocycles. The third-order valence-corrected chi connectivity index (χ3v) is 4.58. The van der Waals surface area contributed by atoms with E-state index >= 15 is 0 Å². The van der Waals surface area contributed by atoms with E-state index in [0.29, 0.717) is 10.5 Å². The zero-order chi connectivity index (χ0) is 22.9. The normalized spacial score (nSPS) is 14.2. The molecule has 1 heterocycles. The lowest BCUT2D eigenvalue weighted by Gasteiger charge is -2.16. The Hall–Kier alpha value is -4.14. The minimum atomic E-state index is -4.89. The van der Waals surface area contributed by atoms with Crippen LogP contribution in [-0.2, 0) is 9.59 Å². The number of carbonyl (C=O) groups excluding carboxylic acids is 2. The fraction of sp³-hybridized carbons (Fsp3) is 0.0435. The molecular weight excluding hydrogens is 428 g/mol. The highest BCUT2D eigenvalue weighted by Crippen LogP contribution is 2.35. The number of hydrogen-bond donors (Lipinski definition) is 1. The van der Waals surface area contributed by atoms with E-state index < -0.39 is 29.7 Å². The Labute approximate surface area is 179 Å². The predicted octanol–water partition coefficient (Wildman–Crippen LogP) is 5.12. The van der Waals surface area contributed by atoms with E-state index in [1.807, 2.05) is 0 Å². The molecule has 3 aromatic carbocycles. The van der Waals surface area contributed by atoms with Crippen LogP contribution in [0.1, 0.15) is 5.56 Å². The summed E-state index contributed by atoms with van der Waals surface area (Å²) in [6.45, 7) is 0. The first-order valence-corrected chi connectivity index (χ1v) is 9.30. The van der Waals surface area contributed by atoms with E-state index in [9.17, 15) is 27.2 Å². The largest absolute Gasteiger partial charge is 0.573 e. The van der Waals surface area contributed by atoms with Crippen LogP contribution in [0.3, 0.4) is 0 Å². The maximum atomic E-state index is 14.4. The van der Waals surface area contributed by atoms with Gasteiger partial charge in [-0.05, 0) is 29.8 Å². The summed E-state index contributed by atoms with van der Waals surface area (Å²) < 4.78 is 56.0. The zero-order valence-electron chi connectivity index (χ0n) is 16.2. The number of benzene rings is 3. The molecule has 2 amide bonds. The molecule has 3 aromatic rings. The SMILES string of the molecule is O=C1C(Nc2cccc(OC(F)(F)F)c2)=C(c2ccccc2)C(=O)N1c1ccccc1F. The highest BCUT2D eigenvalue weighted by molar-refractivity contribution is 6.46. The van der Waals surface area contributed by atoms with Gasteiger partial charge in [0, 0.05) is 11.8 Å². The van der Waals surface area contributed by atoms with Crippen molar-refractivity contribution in [3.05, 3.63) is 95.9 Å². The first-order valence-electron chi connectivity index (χ1n) is 9.30. The standard InChI is InChI=1S/C23H14F4N2O3/c24-17-11-4-5-12-18(17)29-21(30)19(14-7-2-1-3-8-14)20(22(29)31)28-15-9-6-10-16(13-15)32-23(25,26)27/h1-13,28H. The summed E-state index contributed by atoms with van der Waals surface area (Å²) >= 11 is 0. The van der Waals surface area contributed by atoms with E-state index in [0.717, 1.165) is 18.2 Å². The van der Waals surface area contributed by atoms with Crippen LogP contribution in [0.2, 0.25) is 0 Å². The minimum absolute atomic E-state index is 0.0407. The van der Waals surface area contributed by atoms with Crippen LogP contribution >= 0.6 is 0 Å². The quantitative estimate of drug-likeness (QED) is 0.440. The van der Waals surface area contributed by atoms with Crippen molar-refractivity contribution in [1.82, 2.24) is 0 Å². The Bertz CT molecular complexity index is 1220. The second-order valence-corrected chi connectivity index (χ2v) is 6.71. The fourth-order valence-electron chi connectivity index (χ4n) is 3.29. The molecule has 1 N–H and O–H groups in total. The third kappa shape index (κ3) is 4.18. The summed E-state index contributed by atoms with van der Waals surface area (Å²) in [5.74, 6) is -2.90. The monoisotopic (exact) mass is 442 g/mol. The van der Waals surface area contributed by atoms with Crippen molar-refractivity contribution in [2.45, 2.75) is 6.36 Å². The number of carbonyl (C=O) groups is 2. The van der Waals surface area contributed by atoms with Gasteiger partial charge in [0.2, 0.25) is 0 Å². The summed E-state index contributed by atoms with van der Waals surface area (Å²) in [7, 11) is 0. The van der Waals surface area contributed by atoms with E-state index in [1.165, 1.54) is 30.3 Å². The lowest BCUT2D eigenvalue weighted by molar-refractivity contribution is -0.274. The number of ether oxygens (including phenoxy) is 1. The van der Waals surface area contributed by atoms with Gasteiger partial charge in [0.05, 0.1) is 11.3 Å². The number of para-hydroxylation sites is 1. The summed E-state index contributed by atoms with van der Waals surface area (Å²) in [6.07, 6.45) is -4.89. The molecule has 32 heavy (non-hydrogen) atoms. The van der Waals surface area contributed by atoms with Gasteiger partial charge in [0.25, 0.3) is 11.8 Å². The lowest BCUT2D eigenvalue weighted by atomic mass is 10.0. The van der Waals surface area contributed by atoms with Crippen LogP contribution in [0.5, 0.6) is 5.75 Å². The van der Waals surface area contributed by atoms with Crippen LogP contribution in [0.4, 0.5) is 28.9 Å². The number of nitrogens with zero attached hydrogens (tertiary/aromatic N) is 1. The van der Waals surface area contributed by atoms with Crippen LogP contribution in [0.25, 0.3) is 5.57 Å². The van der Waals surface area contributed by atoms with Gasteiger partial charge in [-0.25, -0.2) is 9.29 Å². The lowest BCUT2D eigenvalue weighted by Crippen LogP contribution is -2.33. The zero-order valence-corrected chi connectivity index (χ0v) is 16.2. The second kappa shape index (κ2) is 8.18. The maximum absolute atomic E-state index is 14.4. The summed E-state index contributed by atoms with van der Waals surface area (Å²) in [6, 6.07) is 18.3. The Morgan fingerprint density at radius 1 is 0.812 bits per heavy atom. The van der Waals surface area contributed by atoms with Crippen LogP contribution in [-0.4, -0.2) is 18.2 Å². The predicted molar refractivity (Wildman–Crippen MR) is 109 cm³/mol. The van der Waals surface area contributed by atoms with Gasteiger partial charge in [-0.1, -0.05) is 48.5 Å².